The molecule has 0 spiro atoms. The van der Waals surface area contributed by atoms with Crippen LogP contribution in [-0.2, 0) is 26.2 Å². The Hall–Kier alpha value is -3.47. The summed E-state index contributed by atoms with van der Waals surface area (Å²) in [6.45, 7) is 1.23. The quantitative estimate of drug-likeness (QED) is 0.435. The Labute approximate surface area is 224 Å². The molecule has 11 heteroatoms. The molecule has 0 bridgehead atoms. The maximum absolute atomic E-state index is 13.8. The average Bonchev–Trinajstić information content (AvgIpc) is 3.42. The summed E-state index contributed by atoms with van der Waals surface area (Å²) in [6, 6.07) is 11.1. The van der Waals surface area contributed by atoms with Gasteiger partial charge in [-0.2, -0.15) is 0 Å². The minimum Gasteiger partial charge on any atom is -0.497 e. The summed E-state index contributed by atoms with van der Waals surface area (Å²) in [5.41, 5.74) is 0.930. The van der Waals surface area contributed by atoms with E-state index in [1.54, 1.807) is 50.4 Å². The Kier molecular flexibility index (Phi) is 9.84. The molecule has 0 aromatic heterocycles. The van der Waals surface area contributed by atoms with E-state index in [4.69, 9.17) is 14.2 Å². The van der Waals surface area contributed by atoms with Gasteiger partial charge in [0.1, 0.15) is 29.8 Å². The summed E-state index contributed by atoms with van der Waals surface area (Å²) in [5, 5.41) is 3.05. The third-order valence-corrected chi connectivity index (χ3v) is 7.84. The summed E-state index contributed by atoms with van der Waals surface area (Å²) in [6.07, 6.45) is 4.94. The molecule has 1 saturated carbocycles. The number of anilines is 1. The van der Waals surface area contributed by atoms with E-state index in [0.717, 1.165) is 41.8 Å². The number of ether oxygens (including phenoxy) is 3. The summed E-state index contributed by atoms with van der Waals surface area (Å²) in [5.74, 6) is 0.514. The average molecular weight is 548 g/mol. The van der Waals surface area contributed by atoms with Crippen LogP contribution in [0.1, 0.15) is 38.2 Å². The molecule has 2 amide bonds. The molecule has 2 aromatic rings. The monoisotopic (exact) mass is 547 g/mol. The highest BCUT2D eigenvalue weighted by atomic mass is 32.2. The Morgan fingerprint density at radius 1 is 0.974 bits per heavy atom. The fourth-order valence-electron chi connectivity index (χ4n) is 4.49. The molecule has 38 heavy (non-hydrogen) atoms. The first kappa shape index (κ1) is 29.1. The van der Waals surface area contributed by atoms with Crippen LogP contribution in [0.4, 0.5) is 5.69 Å². The molecule has 1 aliphatic rings. The standard InChI is InChI=1S/C27H37N3O7S/c1-19(27(32)28-21-8-6-7-9-21)29(17-20-10-12-22(35-2)13-11-20)26(31)18-30(38(5,33)34)24-16-23(36-3)14-15-25(24)37-4/h10-16,19,21H,6-9,17-18H2,1-5H3,(H,28,32)/t19-/m1/s1. The van der Waals surface area contributed by atoms with E-state index >= 15 is 0 Å². The van der Waals surface area contributed by atoms with Gasteiger partial charge in [-0.15, -0.1) is 0 Å². The molecular weight excluding hydrogens is 510 g/mol. The Balaban J connectivity index is 1.94. The van der Waals surface area contributed by atoms with E-state index in [-0.39, 0.29) is 29.9 Å². The number of nitrogens with one attached hydrogen (secondary N) is 1. The Morgan fingerprint density at radius 3 is 2.13 bits per heavy atom. The Bertz CT molecular complexity index is 1210. The molecule has 0 saturated heterocycles. The third-order valence-electron chi connectivity index (χ3n) is 6.71. The number of carbonyl (C=O) groups is 2. The van der Waals surface area contributed by atoms with Gasteiger partial charge in [-0.3, -0.25) is 13.9 Å². The summed E-state index contributed by atoms with van der Waals surface area (Å²) in [4.78, 5) is 28.4. The van der Waals surface area contributed by atoms with Crippen LogP contribution in [0, 0.1) is 0 Å². The van der Waals surface area contributed by atoms with Crippen molar-refractivity contribution in [3.63, 3.8) is 0 Å². The lowest BCUT2D eigenvalue weighted by Crippen LogP contribution is -2.52. The van der Waals surface area contributed by atoms with Gasteiger partial charge in [0.2, 0.25) is 21.8 Å². The highest BCUT2D eigenvalue weighted by molar-refractivity contribution is 7.92. The lowest BCUT2D eigenvalue weighted by molar-refractivity contribution is -0.139. The van der Waals surface area contributed by atoms with Gasteiger partial charge in [0.15, 0.2) is 0 Å². The summed E-state index contributed by atoms with van der Waals surface area (Å²) < 4.78 is 42.6. The highest BCUT2D eigenvalue weighted by Gasteiger charge is 2.32. The lowest BCUT2D eigenvalue weighted by atomic mass is 10.1. The molecule has 1 fully saturated rings. The van der Waals surface area contributed by atoms with Crippen LogP contribution in [0.2, 0.25) is 0 Å². The van der Waals surface area contributed by atoms with Gasteiger partial charge in [-0.05, 0) is 49.6 Å². The number of rotatable bonds is 12. The van der Waals surface area contributed by atoms with Crippen molar-refractivity contribution in [2.45, 2.75) is 51.2 Å². The maximum Gasteiger partial charge on any atom is 0.244 e. The molecule has 0 unspecified atom stereocenters. The van der Waals surface area contributed by atoms with Crippen molar-refractivity contribution in [3.05, 3.63) is 48.0 Å². The zero-order valence-electron chi connectivity index (χ0n) is 22.6. The number of methoxy groups -OCH3 is 3. The second-order valence-corrected chi connectivity index (χ2v) is 11.2. The second-order valence-electron chi connectivity index (χ2n) is 9.34. The number of carbonyl (C=O) groups excluding carboxylic acids is 2. The molecule has 0 heterocycles. The number of nitrogens with zero attached hydrogens (tertiary/aromatic N) is 2. The fourth-order valence-corrected chi connectivity index (χ4v) is 5.33. The van der Waals surface area contributed by atoms with Crippen molar-refractivity contribution in [1.29, 1.82) is 0 Å². The number of benzene rings is 2. The van der Waals surface area contributed by atoms with E-state index in [9.17, 15) is 18.0 Å². The smallest absolute Gasteiger partial charge is 0.244 e. The van der Waals surface area contributed by atoms with E-state index < -0.39 is 28.5 Å². The molecule has 208 valence electrons. The molecule has 1 N–H and O–H groups in total. The van der Waals surface area contributed by atoms with E-state index in [1.807, 2.05) is 0 Å². The lowest BCUT2D eigenvalue weighted by Gasteiger charge is -2.32. The van der Waals surface area contributed by atoms with Gasteiger partial charge in [-0.1, -0.05) is 25.0 Å². The van der Waals surface area contributed by atoms with Crippen molar-refractivity contribution in [3.8, 4) is 17.2 Å². The van der Waals surface area contributed by atoms with Crippen molar-refractivity contribution in [2.24, 2.45) is 0 Å². The van der Waals surface area contributed by atoms with Gasteiger partial charge >= 0.3 is 0 Å². The zero-order chi connectivity index (χ0) is 27.9. The highest BCUT2D eigenvalue weighted by Crippen LogP contribution is 2.34. The topological polar surface area (TPSA) is 114 Å². The van der Waals surface area contributed by atoms with Crippen LogP contribution < -0.4 is 23.8 Å². The SMILES string of the molecule is COc1ccc(CN(C(=O)CN(c2cc(OC)ccc2OC)S(C)(=O)=O)[C@H](C)C(=O)NC2CCCC2)cc1. The van der Waals surface area contributed by atoms with Gasteiger partial charge in [0.05, 0.1) is 33.3 Å². The molecule has 1 atom stereocenters. The first-order chi connectivity index (χ1) is 18.1. The van der Waals surface area contributed by atoms with E-state index in [1.165, 1.54) is 25.2 Å². The van der Waals surface area contributed by atoms with Gasteiger partial charge in [0, 0.05) is 18.7 Å². The fraction of sp³-hybridized carbons (Fsp3) is 0.481. The number of sulfonamides is 1. The molecule has 3 rings (SSSR count). The van der Waals surface area contributed by atoms with Crippen molar-refractivity contribution in [1.82, 2.24) is 10.2 Å². The van der Waals surface area contributed by atoms with E-state index in [0.29, 0.717) is 11.5 Å². The van der Waals surface area contributed by atoms with Crippen LogP contribution in [0.25, 0.3) is 0 Å². The largest absolute Gasteiger partial charge is 0.497 e. The molecule has 10 nitrogen and oxygen atoms in total. The van der Waals surface area contributed by atoms with Gasteiger partial charge in [-0.25, -0.2) is 8.42 Å². The van der Waals surface area contributed by atoms with Gasteiger partial charge in [0.25, 0.3) is 0 Å². The number of hydrogen-bond acceptors (Lipinski definition) is 7. The van der Waals surface area contributed by atoms with Crippen LogP contribution in [-0.4, -0.2) is 71.3 Å². The number of amides is 2. The van der Waals surface area contributed by atoms with Crippen LogP contribution in [0.15, 0.2) is 42.5 Å². The van der Waals surface area contributed by atoms with E-state index in [2.05, 4.69) is 5.32 Å². The molecular formula is C27H37N3O7S. The molecule has 0 aliphatic heterocycles. The zero-order valence-corrected chi connectivity index (χ0v) is 23.4. The van der Waals surface area contributed by atoms with Crippen molar-refractivity contribution < 1.29 is 32.2 Å². The van der Waals surface area contributed by atoms with Crippen LogP contribution >= 0.6 is 0 Å². The summed E-state index contributed by atoms with van der Waals surface area (Å²) >= 11 is 0. The Morgan fingerprint density at radius 2 is 1.58 bits per heavy atom. The second kappa shape index (κ2) is 12.9. The maximum atomic E-state index is 13.8. The third kappa shape index (κ3) is 7.31. The van der Waals surface area contributed by atoms with Crippen LogP contribution in [0.3, 0.4) is 0 Å². The first-order valence-corrected chi connectivity index (χ1v) is 14.3. The summed E-state index contributed by atoms with van der Waals surface area (Å²) in [7, 11) is 0.522. The first-order valence-electron chi connectivity index (χ1n) is 12.5. The minimum atomic E-state index is -3.92. The van der Waals surface area contributed by atoms with Crippen molar-refractivity contribution >= 4 is 27.5 Å². The van der Waals surface area contributed by atoms with Crippen molar-refractivity contribution in [2.75, 3.05) is 38.4 Å². The molecule has 0 radical (unpaired) electrons. The number of hydrogen-bond donors (Lipinski definition) is 1. The van der Waals surface area contributed by atoms with Crippen LogP contribution in [0.5, 0.6) is 17.2 Å². The van der Waals surface area contributed by atoms with Gasteiger partial charge < -0.3 is 24.4 Å². The molecule has 1 aliphatic carbocycles. The molecule has 2 aromatic carbocycles. The predicted octanol–water partition coefficient (Wildman–Crippen LogP) is 2.95. The predicted molar refractivity (Wildman–Crippen MR) is 145 cm³/mol. The minimum absolute atomic E-state index is 0.0800. The normalized spacial score (nSPS) is 14.4.